The first-order chi connectivity index (χ1) is 14.7. The Hall–Kier alpha value is -3.22. The van der Waals surface area contributed by atoms with Crippen molar-refractivity contribution in [2.24, 2.45) is 5.92 Å². The molecule has 1 aromatic carbocycles. The predicted octanol–water partition coefficient (Wildman–Crippen LogP) is 3.74. The number of carbonyl (C=O) groups excluding carboxylic acids is 2. The molecule has 156 valence electrons. The Labute approximate surface area is 175 Å². The van der Waals surface area contributed by atoms with Gasteiger partial charge in [0.1, 0.15) is 0 Å². The summed E-state index contributed by atoms with van der Waals surface area (Å²) in [6.45, 7) is 4.62. The summed E-state index contributed by atoms with van der Waals surface area (Å²) in [5.41, 5.74) is 2.51. The molecule has 0 fully saturated rings. The van der Waals surface area contributed by atoms with E-state index in [1.807, 2.05) is 41.0 Å². The van der Waals surface area contributed by atoms with Crippen LogP contribution in [-0.4, -0.2) is 39.6 Å². The molecular weight excluding hydrogens is 380 g/mol. The highest BCUT2D eigenvalue weighted by Gasteiger charge is 2.47. The molecule has 0 radical (unpaired) electrons. The minimum Gasteiger partial charge on any atom is -0.465 e. The molecule has 7 nitrogen and oxygen atoms in total. The number of unbranched alkanes of at least 4 members (excludes halogenated alkanes) is 2. The van der Waals surface area contributed by atoms with Crippen molar-refractivity contribution in [3.63, 3.8) is 0 Å². The largest absolute Gasteiger partial charge is 0.465 e. The first kappa shape index (κ1) is 20.1. The average Bonchev–Trinajstić information content (AvgIpc) is 3.14. The fraction of sp³-hybridized carbons (Fsp3) is 0.391. The van der Waals surface area contributed by atoms with Gasteiger partial charge < -0.3 is 9.30 Å². The predicted molar refractivity (Wildman–Crippen MR) is 114 cm³/mol. The van der Waals surface area contributed by atoms with Gasteiger partial charge >= 0.3 is 5.97 Å². The Bertz CT molecular complexity index is 1050. The summed E-state index contributed by atoms with van der Waals surface area (Å²) in [5.74, 6) is -1.15. The highest BCUT2D eigenvalue weighted by Crippen LogP contribution is 2.41. The third-order valence-corrected chi connectivity index (χ3v) is 5.52. The molecule has 3 aromatic rings. The molecule has 0 saturated carbocycles. The van der Waals surface area contributed by atoms with Crippen molar-refractivity contribution in [1.82, 2.24) is 14.5 Å². The molecule has 0 bridgehead atoms. The number of benzene rings is 1. The molecule has 0 unspecified atom stereocenters. The topological polar surface area (TPSA) is 77.3 Å². The monoisotopic (exact) mass is 406 g/mol. The third-order valence-electron chi connectivity index (χ3n) is 5.52. The Kier molecular flexibility index (Phi) is 5.79. The van der Waals surface area contributed by atoms with E-state index in [1.54, 1.807) is 24.2 Å². The Morgan fingerprint density at radius 2 is 1.87 bits per heavy atom. The van der Waals surface area contributed by atoms with Gasteiger partial charge in [-0.2, -0.15) is 0 Å². The van der Waals surface area contributed by atoms with Crippen LogP contribution in [-0.2, 0) is 14.3 Å². The van der Waals surface area contributed by atoms with Crippen molar-refractivity contribution < 1.29 is 14.3 Å². The van der Waals surface area contributed by atoms with Gasteiger partial charge in [-0.05, 0) is 43.2 Å². The number of pyridine rings is 1. The molecule has 7 heteroatoms. The SMILES string of the molecule is CCCCCN1C(=O)[C@H](C(=O)OCC)[C@H](c2ccncc2)n2c1nc1ccccc12. The molecular formula is C23H26N4O3. The maximum atomic E-state index is 13.6. The van der Waals surface area contributed by atoms with Crippen LogP contribution in [0.4, 0.5) is 5.95 Å². The number of fused-ring (bicyclic) bond motifs is 3. The molecule has 0 saturated heterocycles. The van der Waals surface area contributed by atoms with Crippen LogP contribution in [0.25, 0.3) is 11.0 Å². The quantitative estimate of drug-likeness (QED) is 0.339. The zero-order chi connectivity index (χ0) is 21.1. The first-order valence-electron chi connectivity index (χ1n) is 10.5. The number of hydrogen-bond donors (Lipinski definition) is 0. The number of ether oxygens (including phenoxy) is 1. The second kappa shape index (κ2) is 8.65. The van der Waals surface area contributed by atoms with Gasteiger partial charge in [0.05, 0.1) is 23.7 Å². The van der Waals surface area contributed by atoms with Crippen LogP contribution in [0.3, 0.4) is 0 Å². The number of hydrogen-bond acceptors (Lipinski definition) is 5. The number of rotatable bonds is 7. The molecule has 1 aliphatic rings. The van der Waals surface area contributed by atoms with E-state index in [4.69, 9.17) is 9.72 Å². The Balaban J connectivity index is 1.93. The summed E-state index contributed by atoms with van der Waals surface area (Å²) in [6, 6.07) is 10.9. The van der Waals surface area contributed by atoms with Crippen LogP contribution in [0.1, 0.15) is 44.7 Å². The first-order valence-corrected chi connectivity index (χ1v) is 10.5. The van der Waals surface area contributed by atoms with Gasteiger partial charge in [0.2, 0.25) is 11.9 Å². The van der Waals surface area contributed by atoms with E-state index >= 15 is 0 Å². The van der Waals surface area contributed by atoms with E-state index in [0.29, 0.717) is 12.5 Å². The lowest BCUT2D eigenvalue weighted by atomic mass is 9.90. The number of para-hydroxylation sites is 2. The summed E-state index contributed by atoms with van der Waals surface area (Å²) in [4.78, 5) is 37.2. The lowest BCUT2D eigenvalue weighted by molar-refractivity contribution is -0.153. The number of aromatic nitrogens is 3. The minimum atomic E-state index is -0.973. The zero-order valence-electron chi connectivity index (χ0n) is 17.3. The Morgan fingerprint density at radius 3 is 2.60 bits per heavy atom. The molecule has 30 heavy (non-hydrogen) atoms. The highest BCUT2D eigenvalue weighted by atomic mass is 16.5. The molecule has 1 amide bonds. The summed E-state index contributed by atoms with van der Waals surface area (Å²) in [5, 5.41) is 0. The number of imidazole rings is 1. The fourth-order valence-corrected chi connectivity index (χ4v) is 4.14. The van der Waals surface area contributed by atoms with E-state index in [9.17, 15) is 9.59 Å². The smallest absolute Gasteiger partial charge is 0.321 e. The molecule has 1 aliphatic heterocycles. The third kappa shape index (κ3) is 3.44. The van der Waals surface area contributed by atoms with Crippen LogP contribution in [0.2, 0.25) is 0 Å². The van der Waals surface area contributed by atoms with Crippen LogP contribution in [0, 0.1) is 5.92 Å². The average molecular weight is 406 g/mol. The number of amides is 1. The second-order valence-electron chi connectivity index (χ2n) is 7.42. The number of anilines is 1. The fourth-order valence-electron chi connectivity index (χ4n) is 4.14. The number of esters is 1. The molecule has 3 heterocycles. The maximum Gasteiger partial charge on any atom is 0.321 e. The van der Waals surface area contributed by atoms with Crippen molar-refractivity contribution in [1.29, 1.82) is 0 Å². The van der Waals surface area contributed by atoms with Crippen LogP contribution in [0.5, 0.6) is 0 Å². The summed E-state index contributed by atoms with van der Waals surface area (Å²) < 4.78 is 7.36. The normalized spacial score (nSPS) is 18.5. The lowest BCUT2D eigenvalue weighted by Gasteiger charge is -2.37. The van der Waals surface area contributed by atoms with Gasteiger partial charge in [0, 0.05) is 18.9 Å². The van der Waals surface area contributed by atoms with Gasteiger partial charge in [-0.1, -0.05) is 31.9 Å². The van der Waals surface area contributed by atoms with Crippen LogP contribution < -0.4 is 4.90 Å². The maximum absolute atomic E-state index is 13.6. The second-order valence-corrected chi connectivity index (χ2v) is 7.42. The number of nitrogens with zero attached hydrogens (tertiary/aromatic N) is 4. The standard InChI is InChI=1S/C23H26N4O3/c1-3-5-8-15-26-21(28)19(22(29)30-4-2)20(16-11-13-24-14-12-16)27-18-10-7-6-9-17(18)25-23(26)27/h6-7,9-14,19-20H,3-5,8,15H2,1-2H3/t19-,20+/m1/s1. The summed E-state index contributed by atoms with van der Waals surface area (Å²) in [6.07, 6.45) is 6.24. The minimum absolute atomic E-state index is 0.221. The summed E-state index contributed by atoms with van der Waals surface area (Å²) >= 11 is 0. The van der Waals surface area contributed by atoms with Crippen molar-refractivity contribution >= 4 is 28.9 Å². The van der Waals surface area contributed by atoms with Crippen molar-refractivity contribution in [2.75, 3.05) is 18.1 Å². The van der Waals surface area contributed by atoms with E-state index in [-0.39, 0.29) is 12.5 Å². The van der Waals surface area contributed by atoms with Crippen molar-refractivity contribution in [3.05, 3.63) is 54.4 Å². The molecule has 4 rings (SSSR count). The van der Waals surface area contributed by atoms with Gasteiger partial charge in [0.25, 0.3) is 0 Å². The van der Waals surface area contributed by atoms with E-state index in [0.717, 1.165) is 35.9 Å². The van der Waals surface area contributed by atoms with Crippen molar-refractivity contribution in [2.45, 2.75) is 39.2 Å². The Morgan fingerprint density at radius 1 is 1.10 bits per heavy atom. The number of carbonyl (C=O) groups is 2. The molecule has 2 atom stereocenters. The lowest BCUT2D eigenvalue weighted by Crippen LogP contribution is -2.50. The van der Waals surface area contributed by atoms with Gasteiger partial charge in [-0.15, -0.1) is 0 Å². The van der Waals surface area contributed by atoms with Gasteiger partial charge in [0.15, 0.2) is 5.92 Å². The van der Waals surface area contributed by atoms with Crippen molar-refractivity contribution in [3.8, 4) is 0 Å². The molecule has 0 spiro atoms. The zero-order valence-corrected chi connectivity index (χ0v) is 17.3. The van der Waals surface area contributed by atoms with Gasteiger partial charge in [-0.3, -0.25) is 19.5 Å². The molecule has 2 aromatic heterocycles. The van der Waals surface area contributed by atoms with E-state index in [2.05, 4.69) is 11.9 Å². The summed E-state index contributed by atoms with van der Waals surface area (Å²) in [7, 11) is 0. The van der Waals surface area contributed by atoms with E-state index in [1.165, 1.54) is 0 Å². The van der Waals surface area contributed by atoms with Crippen LogP contribution >= 0.6 is 0 Å². The molecule has 0 N–H and O–H groups in total. The molecule has 0 aliphatic carbocycles. The van der Waals surface area contributed by atoms with E-state index < -0.39 is 17.9 Å². The highest BCUT2D eigenvalue weighted by molar-refractivity contribution is 6.08. The van der Waals surface area contributed by atoms with Crippen LogP contribution in [0.15, 0.2) is 48.8 Å². The van der Waals surface area contributed by atoms with Gasteiger partial charge in [-0.25, -0.2) is 4.98 Å².